The second-order valence-electron chi connectivity index (χ2n) is 7.17. The minimum Gasteiger partial charge on any atom is -0.461 e. The molecule has 0 radical (unpaired) electrons. The van der Waals surface area contributed by atoms with Gasteiger partial charge in [0, 0.05) is 10.7 Å². The molecule has 1 N–H and O–H groups in total. The molecule has 0 aliphatic carbocycles. The number of para-hydroxylation sites is 1. The second kappa shape index (κ2) is 11.8. The number of esters is 1. The molecule has 2 rings (SSSR count). The maximum Gasteiger partial charge on any atom is 0.373 e. The smallest absolute Gasteiger partial charge is 0.373 e. The lowest BCUT2D eigenvalue weighted by atomic mass is 9.72. The summed E-state index contributed by atoms with van der Waals surface area (Å²) in [4.78, 5) is 29.6. The van der Waals surface area contributed by atoms with E-state index in [0.29, 0.717) is 10.6 Å². The Bertz CT molecular complexity index is 886. The molecule has 0 bridgehead atoms. The van der Waals surface area contributed by atoms with Crippen molar-refractivity contribution in [2.45, 2.75) is 45.3 Å². The number of benzene rings is 2. The van der Waals surface area contributed by atoms with Gasteiger partial charge in [-0.3, -0.25) is 0 Å². The first-order chi connectivity index (χ1) is 14.2. The highest BCUT2D eigenvalue weighted by molar-refractivity contribution is 6.30. The average molecular weight is 429 g/mol. The van der Waals surface area contributed by atoms with Gasteiger partial charge in [-0.1, -0.05) is 55.8 Å². The summed E-state index contributed by atoms with van der Waals surface area (Å²) in [6, 6.07) is 18.7. The number of rotatable bonds is 7. The Morgan fingerprint density at radius 3 is 2.00 bits per heavy atom. The SMILES string of the molecule is CC(C)OC(=O)C(Nc1ccccc1)(C(C)C)C(C#N)c1ccc(Cl)cc1.O=C=O. The highest BCUT2D eigenvalue weighted by Gasteiger charge is 2.51. The van der Waals surface area contributed by atoms with Gasteiger partial charge in [-0.25, -0.2) is 4.79 Å². The molecule has 0 fully saturated rings. The molecule has 6 nitrogen and oxygen atoms in total. The zero-order valence-electron chi connectivity index (χ0n) is 17.4. The number of nitrogens with zero attached hydrogens (tertiary/aromatic N) is 1. The number of hydrogen-bond acceptors (Lipinski definition) is 6. The largest absolute Gasteiger partial charge is 0.461 e. The third-order valence-electron chi connectivity index (χ3n) is 4.50. The number of nitrogens with one attached hydrogen (secondary N) is 1. The Hall–Kier alpha value is -3.13. The molecule has 0 aromatic heterocycles. The third-order valence-corrected chi connectivity index (χ3v) is 4.76. The highest BCUT2D eigenvalue weighted by atomic mass is 35.5. The zero-order chi connectivity index (χ0) is 22.7. The van der Waals surface area contributed by atoms with E-state index in [4.69, 9.17) is 25.9 Å². The molecule has 0 aliphatic rings. The average Bonchev–Trinajstić information content (AvgIpc) is 2.69. The molecule has 0 saturated carbocycles. The van der Waals surface area contributed by atoms with Gasteiger partial charge in [-0.2, -0.15) is 14.9 Å². The summed E-state index contributed by atoms with van der Waals surface area (Å²) in [6.07, 6.45) is -0.0437. The van der Waals surface area contributed by atoms with Gasteiger partial charge >= 0.3 is 12.1 Å². The number of anilines is 1. The van der Waals surface area contributed by atoms with E-state index in [2.05, 4.69) is 11.4 Å². The van der Waals surface area contributed by atoms with Gasteiger partial charge in [-0.15, -0.1) is 0 Å². The maximum atomic E-state index is 13.3. The molecule has 0 amide bonds. The van der Waals surface area contributed by atoms with Crippen LogP contribution in [0.5, 0.6) is 0 Å². The van der Waals surface area contributed by atoms with Crippen LogP contribution in [0, 0.1) is 17.2 Å². The fourth-order valence-electron chi connectivity index (χ4n) is 3.12. The summed E-state index contributed by atoms with van der Waals surface area (Å²) in [5.74, 6) is -1.43. The van der Waals surface area contributed by atoms with Gasteiger partial charge in [0.25, 0.3) is 0 Å². The van der Waals surface area contributed by atoms with Gasteiger partial charge in [0.2, 0.25) is 0 Å². The van der Waals surface area contributed by atoms with Crippen molar-refractivity contribution in [3.8, 4) is 6.07 Å². The molecule has 0 saturated heterocycles. The number of carbonyl (C=O) groups is 1. The molecule has 0 aliphatic heterocycles. The van der Waals surface area contributed by atoms with E-state index in [1.807, 2.05) is 44.2 Å². The molecule has 0 spiro atoms. The number of nitriles is 1. The fourth-order valence-corrected chi connectivity index (χ4v) is 3.25. The van der Waals surface area contributed by atoms with Gasteiger partial charge in [0.1, 0.15) is 5.92 Å². The lowest BCUT2D eigenvalue weighted by molar-refractivity contribution is -0.191. The number of carbonyl (C=O) groups excluding carboxylic acids is 3. The van der Waals surface area contributed by atoms with Crippen LogP contribution in [0.4, 0.5) is 5.69 Å². The quantitative estimate of drug-likeness (QED) is 0.635. The van der Waals surface area contributed by atoms with E-state index in [1.165, 1.54) is 0 Å². The summed E-state index contributed by atoms with van der Waals surface area (Å²) in [6.45, 7) is 7.43. The van der Waals surface area contributed by atoms with Gasteiger partial charge in [-0.05, 0) is 49.6 Å². The zero-order valence-corrected chi connectivity index (χ0v) is 18.1. The molecule has 158 valence electrons. The standard InChI is InChI=1S/C22H25ClN2O2.CO2/c1-15(2)22(21(26)27-16(3)4,25-19-8-6-5-7-9-19)20(14-24)17-10-12-18(23)13-11-17;2-1-3/h5-13,15-16,20,25H,1-4H3;. The summed E-state index contributed by atoms with van der Waals surface area (Å²) in [7, 11) is 0. The lowest BCUT2D eigenvalue weighted by Gasteiger charge is -2.40. The summed E-state index contributed by atoms with van der Waals surface area (Å²) < 4.78 is 5.60. The summed E-state index contributed by atoms with van der Waals surface area (Å²) in [5, 5.41) is 14.0. The van der Waals surface area contributed by atoms with Crippen molar-refractivity contribution in [3.63, 3.8) is 0 Å². The first kappa shape index (κ1) is 24.9. The van der Waals surface area contributed by atoms with Crippen LogP contribution in [0.2, 0.25) is 5.02 Å². The maximum absolute atomic E-state index is 13.3. The van der Waals surface area contributed by atoms with E-state index in [0.717, 1.165) is 5.69 Å². The number of halogens is 1. The molecule has 2 aromatic carbocycles. The minimum atomic E-state index is -1.26. The highest BCUT2D eigenvalue weighted by Crippen LogP contribution is 2.39. The van der Waals surface area contributed by atoms with Crippen molar-refractivity contribution in [1.82, 2.24) is 0 Å². The molecule has 0 heterocycles. The lowest BCUT2D eigenvalue weighted by Crippen LogP contribution is -2.56. The molecule has 2 aromatic rings. The van der Waals surface area contributed by atoms with Crippen LogP contribution in [0.25, 0.3) is 0 Å². The number of ether oxygens (including phenoxy) is 1. The first-order valence-corrected chi connectivity index (χ1v) is 9.79. The van der Waals surface area contributed by atoms with Crippen molar-refractivity contribution < 1.29 is 19.1 Å². The Balaban J connectivity index is 0.00000141. The van der Waals surface area contributed by atoms with E-state index >= 15 is 0 Å². The predicted molar refractivity (Wildman–Crippen MR) is 114 cm³/mol. The topological polar surface area (TPSA) is 96.3 Å². The van der Waals surface area contributed by atoms with Gasteiger partial charge in [0.05, 0.1) is 12.2 Å². The summed E-state index contributed by atoms with van der Waals surface area (Å²) in [5.41, 5.74) is 0.203. The van der Waals surface area contributed by atoms with Crippen LogP contribution in [-0.2, 0) is 19.1 Å². The first-order valence-electron chi connectivity index (χ1n) is 9.41. The Kier molecular flexibility index (Phi) is 9.77. The molecule has 30 heavy (non-hydrogen) atoms. The van der Waals surface area contributed by atoms with Crippen LogP contribution < -0.4 is 5.32 Å². The van der Waals surface area contributed by atoms with Crippen LogP contribution in [0.3, 0.4) is 0 Å². The van der Waals surface area contributed by atoms with Crippen LogP contribution in [-0.4, -0.2) is 23.8 Å². The van der Waals surface area contributed by atoms with Crippen LogP contribution in [0.1, 0.15) is 39.2 Å². The van der Waals surface area contributed by atoms with E-state index in [-0.39, 0.29) is 18.2 Å². The number of hydrogen-bond donors (Lipinski definition) is 1. The Morgan fingerprint density at radius 2 is 1.57 bits per heavy atom. The normalized spacial score (nSPS) is 13.1. The monoisotopic (exact) mass is 428 g/mol. The fraction of sp³-hybridized carbons (Fsp3) is 0.348. The van der Waals surface area contributed by atoms with Crippen molar-refractivity contribution in [2.75, 3.05) is 5.32 Å². The predicted octanol–water partition coefficient (Wildman–Crippen LogP) is 4.82. The van der Waals surface area contributed by atoms with Gasteiger partial charge < -0.3 is 10.1 Å². The molecule has 2 unspecified atom stereocenters. The van der Waals surface area contributed by atoms with Crippen molar-refractivity contribution >= 4 is 29.4 Å². The van der Waals surface area contributed by atoms with Gasteiger partial charge in [0.15, 0.2) is 5.54 Å². The molecule has 7 heteroatoms. The van der Waals surface area contributed by atoms with E-state index in [1.54, 1.807) is 38.1 Å². The minimum absolute atomic E-state index is 0.218. The molecule has 2 atom stereocenters. The molecular formula is C23H25ClN2O4. The second-order valence-corrected chi connectivity index (χ2v) is 7.60. The molecular weight excluding hydrogens is 404 g/mol. The van der Waals surface area contributed by atoms with Crippen molar-refractivity contribution in [1.29, 1.82) is 5.26 Å². The van der Waals surface area contributed by atoms with E-state index < -0.39 is 17.4 Å². The van der Waals surface area contributed by atoms with Crippen LogP contribution in [0.15, 0.2) is 54.6 Å². The van der Waals surface area contributed by atoms with Crippen LogP contribution >= 0.6 is 11.6 Å². The Morgan fingerprint density at radius 1 is 1.03 bits per heavy atom. The van der Waals surface area contributed by atoms with E-state index in [9.17, 15) is 10.1 Å². The Labute approximate surface area is 181 Å². The van der Waals surface area contributed by atoms with Crippen molar-refractivity contribution in [3.05, 3.63) is 65.2 Å². The van der Waals surface area contributed by atoms with Crippen molar-refractivity contribution in [2.24, 2.45) is 5.92 Å². The summed E-state index contributed by atoms with van der Waals surface area (Å²) >= 11 is 6.01. The third kappa shape index (κ3) is 6.18.